The van der Waals surface area contributed by atoms with Gasteiger partial charge in [-0.2, -0.15) is 0 Å². The number of nitrogens with zero attached hydrogens (tertiary/aromatic N) is 1. The molecule has 1 saturated carbocycles. The molecule has 0 spiro atoms. The van der Waals surface area contributed by atoms with Crippen LogP contribution in [0.15, 0.2) is 91.0 Å². The van der Waals surface area contributed by atoms with Crippen molar-refractivity contribution in [3.63, 3.8) is 0 Å². The maximum atomic E-state index is 2.72. The molecule has 0 bridgehead atoms. The summed E-state index contributed by atoms with van der Waals surface area (Å²) in [4.78, 5) is 2.72. The molecule has 0 aromatic heterocycles. The van der Waals surface area contributed by atoms with E-state index < -0.39 is 0 Å². The molecule has 0 saturated heterocycles. The van der Waals surface area contributed by atoms with Crippen LogP contribution in [0.3, 0.4) is 0 Å². The molecule has 1 heterocycles. The van der Waals surface area contributed by atoms with Crippen LogP contribution in [0.25, 0.3) is 32.7 Å². The highest BCUT2D eigenvalue weighted by Crippen LogP contribution is 2.63. The third kappa shape index (κ3) is 2.98. The highest BCUT2D eigenvalue weighted by Gasteiger charge is 2.58. The Hall–Kier alpha value is -3.58. The van der Waals surface area contributed by atoms with Gasteiger partial charge in [0.15, 0.2) is 0 Å². The van der Waals surface area contributed by atoms with Gasteiger partial charge in [-0.15, -0.1) is 0 Å². The average molecular weight is 482 g/mol. The van der Waals surface area contributed by atoms with E-state index >= 15 is 0 Å². The van der Waals surface area contributed by atoms with Gasteiger partial charge in [0.1, 0.15) is 0 Å². The van der Waals surface area contributed by atoms with Gasteiger partial charge in [-0.3, -0.25) is 0 Å². The van der Waals surface area contributed by atoms with Crippen LogP contribution in [0.1, 0.15) is 56.2 Å². The van der Waals surface area contributed by atoms with E-state index in [4.69, 9.17) is 0 Å². The van der Waals surface area contributed by atoms with Gasteiger partial charge < -0.3 is 4.90 Å². The minimum absolute atomic E-state index is 0.0594. The SMILES string of the molecule is Cc1cc(-c2c3ccccc3cc3ccccc23)c(C)c2c1N(c1ccccc1)C1(C)CCCCC21C. The largest absolute Gasteiger partial charge is 0.334 e. The van der Waals surface area contributed by atoms with E-state index in [1.165, 1.54) is 80.9 Å². The van der Waals surface area contributed by atoms with Gasteiger partial charge in [0.25, 0.3) is 0 Å². The van der Waals surface area contributed by atoms with Crippen LogP contribution < -0.4 is 4.90 Å². The molecule has 0 radical (unpaired) electrons. The highest BCUT2D eigenvalue weighted by molar-refractivity contribution is 6.13. The Kier molecular flexibility index (Phi) is 4.86. The Morgan fingerprint density at radius 2 is 1.27 bits per heavy atom. The molecule has 1 aliphatic carbocycles. The summed E-state index contributed by atoms with van der Waals surface area (Å²) in [6.45, 7) is 9.84. The van der Waals surface area contributed by atoms with Crippen LogP contribution in [-0.2, 0) is 5.41 Å². The molecule has 37 heavy (non-hydrogen) atoms. The number of rotatable bonds is 2. The number of benzene rings is 5. The number of hydrogen-bond donors (Lipinski definition) is 0. The molecule has 2 atom stereocenters. The fraction of sp³-hybridized carbons (Fsp3) is 0.278. The van der Waals surface area contributed by atoms with Crippen molar-refractivity contribution in [1.82, 2.24) is 0 Å². The Morgan fingerprint density at radius 1 is 0.676 bits per heavy atom. The van der Waals surface area contributed by atoms with Gasteiger partial charge in [0, 0.05) is 16.8 Å². The van der Waals surface area contributed by atoms with Crippen LogP contribution in [0.4, 0.5) is 11.4 Å². The summed E-state index contributed by atoms with van der Waals surface area (Å²) in [5, 5.41) is 5.32. The van der Waals surface area contributed by atoms with E-state index in [0.717, 1.165) is 0 Å². The first-order valence-corrected chi connectivity index (χ1v) is 13.8. The van der Waals surface area contributed by atoms with Crippen LogP contribution in [0.2, 0.25) is 0 Å². The predicted molar refractivity (Wildman–Crippen MR) is 159 cm³/mol. The molecule has 2 unspecified atom stereocenters. The summed E-state index contributed by atoms with van der Waals surface area (Å²) >= 11 is 0. The van der Waals surface area contributed by atoms with Crippen molar-refractivity contribution in [2.24, 2.45) is 0 Å². The molecule has 1 nitrogen and oxygen atoms in total. The Labute approximate surface area is 220 Å². The minimum atomic E-state index is 0.0594. The lowest BCUT2D eigenvalue weighted by molar-refractivity contribution is 0.194. The second-order valence-corrected chi connectivity index (χ2v) is 11.8. The molecule has 184 valence electrons. The normalized spacial score (nSPS) is 22.9. The minimum Gasteiger partial charge on any atom is -0.334 e. The summed E-state index contributed by atoms with van der Waals surface area (Å²) in [6, 6.07) is 33.8. The van der Waals surface area contributed by atoms with E-state index in [2.05, 4.69) is 124 Å². The molecule has 0 N–H and O–H groups in total. The third-order valence-corrected chi connectivity index (χ3v) is 9.85. The van der Waals surface area contributed by atoms with Gasteiger partial charge in [0.2, 0.25) is 0 Å². The average Bonchev–Trinajstić information content (AvgIpc) is 3.14. The van der Waals surface area contributed by atoms with Gasteiger partial charge in [0.05, 0.1) is 5.54 Å². The summed E-state index contributed by atoms with van der Waals surface area (Å²) in [6.07, 6.45) is 5.05. The first kappa shape index (κ1) is 22.6. The smallest absolute Gasteiger partial charge is 0.0518 e. The van der Waals surface area contributed by atoms with Crippen molar-refractivity contribution < 1.29 is 0 Å². The zero-order valence-corrected chi connectivity index (χ0v) is 22.4. The van der Waals surface area contributed by atoms with Crippen molar-refractivity contribution in [2.45, 2.75) is 64.3 Å². The number of aryl methyl sites for hydroxylation is 1. The number of para-hydroxylation sites is 1. The van der Waals surface area contributed by atoms with E-state index in [0.29, 0.717) is 0 Å². The first-order valence-electron chi connectivity index (χ1n) is 13.8. The second kappa shape index (κ2) is 7.96. The Balaban J connectivity index is 1.60. The molecule has 1 aliphatic heterocycles. The zero-order valence-electron chi connectivity index (χ0n) is 22.4. The number of fused-ring (bicyclic) bond motifs is 5. The monoisotopic (exact) mass is 481 g/mol. The third-order valence-electron chi connectivity index (χ3n) is 9.85. The summed E-state index contributed by atoms with van der Waals surface area (Å²) in [5.41, 5.74) is 10.1. The van der Waals surface area contributed by atoms with E-state index in [1.807, 2.05) is 0 Å². The van der Waals surface area contributed by atoms with Gasteiger partial charge in [-0.05, 0) is 107 Å². The summed E-state index contributed by atoms with van der Waals surface area (Å²) in [7, 11) is 0. The molecule has 7 rings (SSSR count). The van der Waals surface area contributed by atoms with Gasteiger partial charge >= 0.3 is 0 Å². The number of hydrogen-bond acceptors (Lipinski definition) is 1. The molecule has 2 aliphatic rings. The van der Waals surface area contributed by atoms with E-state index in [9.17, 15) is 0 Å². The highest BCUT2D eigenvalue weighted by atomic mass is 15.3. The van der Waals surface area contributed by atoms with E-state index in [1.54, 1.807) is 5.56 Å². The van der Waals surface area contributed by atoms with Gasteiger partial charge in [-0.1, -0.05) is 86.5 Å². The van der Waals surface area contributed by atoms with Crippen molar-refractivity contribution in [3.05, 3.63) is 108 Å². The fourth-order valence-corrected chi connectivity index (χ4v) is 7.91. The van der Waals surface area contributed by atoms with Crippen molar-refractivity contribution >= 4 is 32.9 Å². The van der Waals surface area contributed by atoms with Crippen LogP contribution in [-0.4, -0.2) is 5.54 Å². The van der Waals surface area contributed by atoms with Gasteiger partial charge in [-0.25, -0.2) is 0 Å². The predicted octanol–water partition coefficient (Wildman–Crippen LogP) is 10.0. The van der Waals surface area contributed by atoms with Crippen LogP contribution >= 0.6 is 0 Å². The first-order chi connectivity index (χ1) is 17.9. The number of anilines is 2. The molecule has 1 fully saturated rings. The molecule has 0 amide bonds. The lowest BCUT2D eigenvalue weighted by Crippen LogP contribution is -2.54. The fourth-order valence-electron chi connectivity index (χ4n) is 7.91. The molecule has 5 aromatic carbocycles. The van der Waals surface area contributed by atoms with Crippen LogP contribution in [0.5, 0.6) is 0 Å². The standard InChI is InChI=1S/C36H35N/c1-24-22-31(32-29-18-10-8-14-26(29)23-27-15-9-11-19-30(27)32)25(2)33-34(24)37(28-16-6-5-7-17-28)36(4)21-13-12-20-35(33,36)3/h5-11,14-19,22-23H,12-13,20-21H2,1-4H3. The van der Waals surface area contributed by atoms with E-state index in [-0.39, 0.29) is 11.0 Å². The maximum Gasteiger partial charge on any atom is 0.0518 e. The Bertz CT molecular complexity index is 1630. The topological polar surface area (TPSA) is 3.24 Å². The van der Waals surface area contributed by atoms with Crippen molar-refractivity contribution in [2.75, 3.05) is 4.90 Å². The van der Waals surface area contributed by atoms with Crippen molar-refractivity contribution in [3.8, 4) is 11.1 Å². The quantitative estimate of drug-likeness (QED) is 0.227. The zero-order chi connectivity index (χ0) is 25.4. The van der Waals surface area contributed by atoms with Crippen molar-refractivity contribution in [1.29, 1.82) is 0 Å². The molecule has 1 heteroatoms. The molecule has 5 aromatic rings. The second-order valence-electron chi connectivity index (χ2n) is 11.8. The maximum absolute atomic E-state index is 2.72. The molecular weight excluding hydrogens is 446 g/mol. The Morgan fingerprint density at radius 3 is 1.95 bits per heavy atom. The lowest BCUT2D eigenvalue weighted by Gasteiger charge is -2.50. The summed E-state index contributed by atoms with van der Waals surface area (Å²) in [5.74, 6) is 0. The molecular formula is C36H35N. The van der Waals surface area contributed by atoms with Crippen LogP contribution in [0, 0.1) is 13.8 Å². The summed E-state index contributed by atoms with van der Waals surface area (Å²) < 4.78 is 0. The lowest BCUT2D eigenvalue weighted by atomic mass is 9.60.